The topological polar surface area (TPSA) is 53.7 Å². The first-order valence-corrected chi connectivity index (χ1v) is 6.84. The van der Waals surface area contributed by atoms with Crippen molar-refractivity contribution in [2.45, 2.75) is 37.3 Å². The Kier molecular flexibility index (Phi) is 3.15. The molecule has 2 aliphatic rings. The van der Waals surface area contributed by atoms with Gasteiger partial charge in [0.15, 0.2) is 11.5 Å². The van der Waals surface area contributed by atoms with Gasteiger partial charge in [0.05, 0.1) is 20.3 Å². The third-order valence-electron chi connectivity index (χ3n) is 4.30. The number of rotatable bonds is 5. The van der Waals surface area contributed by atoms with E-state index in [1.165, 1.54) is 5.56 Å². The quantitative estimate of drug-likeness (QED) is 0.881. The molecule has 104 valence electrons. The summed E-state index contributed by atoms with van der Waals surface area (Å²) in [7, 11) is 1.66. The van der Waals surface area contributed by atoms with Crippen LogP contribution < -0.4 is 15.2 Å². The van der Waals surface area contributed by atoms with Crippen LogP contribution in [0.3, 0.4) is 0 Å². The van der Waals surface area contributed by atoms with E-state index in [1.54, 1.807) is 7.11 Å². The summed E-state index contributed by atoms with van der Waals surface area (Å²) in [6.07, 6.45) is 2.46. The molecule has 1 aromatic rings. The highest BCUT2D eigenvalue weighted by atomic mass is 16.6. The summed E-state index contributed by atoms with van der Waals surface area (Å²) < 4.78 is 16.4. The third kappa shape index (κ3) is 2.19. The molecule has 2 N–H and O–H groups in total. The van der Waals surface area contributed by atoms with Gasteiger partial charge in [-0.05, 0) is 37.5 Å². The van der Waals surface area contributed by atoms with E-state index < -0.39 is 0 Å². The van der Waals surface area contributed by atoms with E-state index >= 15 is 0 Å². The van der Waals surface area contributed by atoms with Gasteiger partial charge in [0.2, 0.25) is 0 Å². The van der Waals surface area contributed by atoms with Crippen molar-refractivity contribution < 1.29 is 14.2 Å². The Morgan fingerprint density at radius 2 is 2.05 bits per heavy atom. The highest BCUT2D eigenvalue weighted by Gasteiger charge is 2.47. The summed E-state index contributed by atoms with van der Waals surface area (Å²) in [5, 5.41) is 0. The summed E-state index contributed by atoms with van der Waals surface area (Å²) in [6, 6.07) is 6.35. The van der Waals surface area contributed by atoms with Crippen LogP contribution in [-0.2, 0) is 10.2 Å². The Morgan fingerprint density at radius 1 is 1.32 bits per heavy atom. The molecule has 0 aromatic heterocycles. The molecule has 1 atom stereocenters. The summed E-state index contributed by atoms with van der Waals surface area (Å²) in [6.45, 7) is 3.40. The molecule has 1 heterocycles. The molecule has 4 nitrogen and oxygen atoms in total. The predicted octanol–water partition coefficient (Wildman–Crippen LogP) is 1.85. The van der Waals surface area contributed by atoms with Crippen LogP contribution in [0.4, 0.5) is 0 Å². The number of nitrogens with two attached hydrogens (primary N) is 1. The highest BCUT2D eigenvalue weighted by molar-refractivity contribution is 5.47. The van der Waals surface area contributed by atoms with Gasteiger partial charge in [0.25, 0.3) is 0 Å². The van der Waals surface area contributed by atoms with Gasteiger partial charge in [-0.3, -0.25) is 0 Å². The molecular weight excluding hydrogens is 242 g/mol. The lowest BCUT2D eigenvalue weighted by atomic mass is 9.89. The number of hydrogen-bond donors (Lipinski definition) is 1. The summed E-state index contributed by atoms with van der Waals surface area (Å²) in [5.74, 6) is 1.58. The van der Waals surface area contributed by atoms with Crippen LogP contribution >= 0.6 is 0 Å². The van der Waals surface area contributed by atoms with Gasteiger partial charge < -0.3 is 19.9 Å². The van der Waals surface area contributed by atoms with Crippen molar-refractivity contribution in [2.75, 3.05) is 20.3 Å². The lowest BCUT2D eigenvalue weighted by Gasteiger charge is -2.28. The average molecular weight is 263 g/mol. The van der Waals surface area contributed by atoms with Crippen molar-refractivity contribution in [2.24, 2.45) is 5.73 Å². The van der Waals surface area contributed by atoms with Gasteiger partial charge in [0.1, 0.15) is 6.10 Å². The summed E-state index contributed by atoms with van der Waals surface area (Å²) >= 11 is 0. The number of methoxy groups -OCH3 is 1. The Labute approximate surface area is 113 Å². The zero-order valence-electron chi connectivity index (χ0n) is 11.5. The zero-order valence-corrected chi connectivity index (χ0v) is 11.5. The standard InChI is InChI=1S/C15H21NO3/c1-10(16)15(5-6-15)11-3-4-13(17-2)14(7-11)19-12-8-18-9-12/h3-4,7,10,12H,5-6,8-9,16H2,1-2H3. The van der Waals surface area contributed by atoms with Gasteiger partial charge >= 0.3 is 0 Å². The number of ether oxygens (including phenoxy) is 3. The molecule has 0 bridgehead atoms. The predicted molar refractivity (Wildman–Crippen MR) is 72.8 cm³/mol. The molecule has 0 amide bonds. The fourth-order valence-electron chi connectivity index (χ4n) is 2.68. The van der Waals surface area contributed by atoms with Crippen LogP contribution in [0.1, 0.15) is 25.3 Å². The van der Waals surface area contributed by atoms with E-state index in [9.17, 15) is 0 Å². The third-order valence-corrected chi connectivity index (χ3v) is 4.30. The Balaban J connectivity index is 1.88. The van der Waals surface area contributed by atoms with Gasteiger partial charge in [-0.1, -0.05) is 6.07 Å². The highest BCUT2D eigenvalue weighted by Crippen LogP contribution is 2.51. The van der Waals surface area contributed by atoms with Crippen LogP contribution in [0.15, 0.2) is 18.2 Å². The van der Waals surface area contributed by atoms with Crippen LogP contribution in [0.25, 0.3) is 0 Å². The first-order chi connectivity index (χ1) is 9.15. The van der Waals surface area contributed by atoms with Crippen LogP contribution in [0.2, 0.25) is 0 Å². The molecule has 1 aromatic carbocycles. The minimum atomic E-state index is 0.139. The lowest BCUT2D eigenvalue weighted by molar-refractivity contribution is -0.0803. The first kappa shape index (κ1) is 12.8. The Bertz CT molecular complexity index is 464. The fourth-order valence-corrected chi connectivity index (χ4v) is 2.68. The Morgan fingerprint density at radius 3 is 2.53 bits per heavy atom. The van der Waals surface area contributed by atoms with E-state index in [2.05, 4.69) is 19.1 Å². The second-order valence-electron chi connectivity index (χ2n) is 5.59. The van der Waals surface area contributed by atoms with Crippen molar-refractivity contribution in [1.29, 1.82) is 0 Å². The molecule has 1 aliphatic heterocycles. The molecule has 19 heavy (non-hydrogen) atoms. The average Bonchev–Trinajstić information content (AvgIpc) is 3.15. The Hall–Kier alpha value is -1.26. The molecule has 1 saturated heterocycles. The van der Waals surface area contributed by atoms with Crippen LogP contribution in [0, 0.1) is 0 Å². The molecule has 0 spiro atoms. The second kappa shape index (κ2) is 4.69. The molecule has 1 saturated carbocycles. The SMILES string of the molecule is COc1ccc(C2(C(C)N)CC2)cc1OC1COC1. The molecule has 2 fully saturated rings. The van der Waals surface area contributed by atoms with Crippen molar-refractivity contribution in [3.63, 3.8) is 0 Å². The minimum absolute atomic E-state index is 0.139. The van der Waals surface area contributed by atoms with E-state index in [0.717, 1.165) is 24.3 Å². The molecule has 3 rings (SSSR count). The van der Waals surface area contributed by atoms with Gasteiger partial charge in [-0.15, -0.1) is 0 Å². The fraction of sp³-hybridized carbons (Fsp3) is 0.600. The van der Waals surface area contributed by atoms with E-state index in [4.69, 9.17) is 19.9 Å². The van der Waals surface area contributed by atoms with Crippen molar-refractivity contribution in [3.05, 3.63) is 23.8 Å². The number of benzene rings is 1. The van der Waals surface area contributed by atoms with Crippen molar-refractivity contribution >= 4 is 0 Å². The van der Waals surface area contributed by atoms with Gasteiger partial charge in [-0.25, -0.2) is 0 Å². The maximum Gasteiger partial charge on any atom is 0.162 e. The minimum Gasteiger partial charge on any atom is -0.493 e. The summed E-state index contributed by atoms with van der Waals surface area (Å²) in [4.78, 5) is 0. The molecule has 1 unspecified atom stereocenters. The van der Waals surface area contributed by atoms with Gasteiger partial charge in [0, 0.05) is 11.5 Å². The zero-order chi connectivity index (χ0) is 13.5. The van der Waals surface area contributed by atoms with E-state index in [0.29, 0.717) is 13.2 Å². The van der Waals surface area contributed by atoms with E-state index in [1.807, 2.05) is 6.07 Å². The summed E-state index contributed by atoms with van der Waals surface area (Å²) in [5.41, 5.74) is 7.53. The molecule has 4 heteroatoms. The van der Waals surface area contributed by atoms with Gasteiger partial charge in [-0.2, -0.15) is 0 Å². The number of hydrogen-bond acceptors (Lipinski definition) is 4. The van der Waals surface area contributed by atoms with Crippen molar-refractivity contribution in [3.8, 4) is 11.5 Å². The normalized spacial score (nSPS) is 22.5. The first-order valence-electron chi connectivity index (χ1n) is 6.84. The lowest BCUT2D eigenvalue weighted by Crippen LogP contribution is -2.38. The van der Waals surface area contributed by atoms with E-state index in [-0.39, 0.29) is 17.6 Å². The van der Waals surface area contributed by atoms with Crippen LogP contribution in [-0.4, -0.2) is 32.5 Å². The molecular formula is C15H21NO3. The smallest absolute Gasteiger partial charge is 0.162 e. The van der Waals surface area contributed by atoms with Crippen LogP contribution in [0.5, 0.6) is 11.5 Å². The monoisotopic (exact) mass is 263 g/mol. The molecule has 0 radical (unpaired) electrons. The maximum absolute atomic E-state index is 6.13. The maximum atomic E-state index is 6.13. The largest absolute Gasteiger partial charge is 0.493 e. The van der Waals surface area contributed by atoms with Crippen molar-refractivity contribution in [1.82, 2.24) is 0 Å². The second-order valence-corrected chi connectivity index (χ2v) is 5.59. The molecule has 1 aliphatic carbocycles.